The molecular formula is C45H38F2N16O14S4. The number of rotatable bonds is 20. The zero-order valence-corrected chi connectivity index (χ0v) is 44.4. The van der Waals surface area contributed by atoms with Crippen LogP contribution in [0, 0.1) is 12.2 Å². The highest BCUT2D eigenvalue weighted by atomic mass is 32.2. The van der Waals surface area contributed by atoms with E-state index in [4.69, 9.17) is 0 Å². The smallest absolute Gasteiger partial charge is 0.315 e. The maximum absolute atomic E-state index is 14.7. The molecule has 8 aromatic rings. The number of aromatic nitrogens is 6. The first-order chi connectivity index (χ1) is 38.1. The summed E-state index contributed by atoms with van der Waals surface area (Å²) in [6.07, 6.45) is -2.13. The summed E-state index contributed by atoms with van der Waals surface area (Å²) in [5.41, 5.74) is -0.185. The summed E-state index contributed by atoms with van der Waals surface area (Å²) >= 11 is 0. The Morgan fingerprint density at radius 1 is 0.457 bits per heavy atom. The molecule has 0 saturated carbocycles. The average Bonchev–Trinajstić information content (AvgIpc) is 3.53. The molecule has 0 radical (unpaired) electrons. The number of nitrogens with one attached hydrogen (secondary N) is 6. The van der Waals surface area contributed by atoms with Crippen LogP contribution in [0.4, 0.5) is 78.1 Å². The third kappa shape index (κ3) is 14.7. The van der Waals surface area contributed by atoms with E-state index >= 15 is 0 Å². The number of carbonyl (C=O) groups excluding carboxylic acids is 2. The number of halogens is 2. The van der Waals surface area contributed by atoms with Crippen molar-refractivity contribution in [3.63, 3.8) is 0 Å². The Bertz CT molecular complexity index is 4130. The van der Waals surface area contributed by atoms with E-state index in [0.717, 1.165) is 48.5 Å². The minimum Gasteiger partial charge on any atom is -0.354 e. The molecule has 30 nitrogen and oxygen atoms in total. The van der Waals surface area contributed by atoms with Gasteiger partial charge in [0.2, 0.25) is 35.6 Å². The van der Waals surface area contributed by atoms with E-state index in [9.17, 15) is 70.3 Å². The van der Waals surface area contributed by atoms with Gasteiger partial charge < -0.3 is 31.9 Å². The van der Waals surface area contributed by atoms with E-state index in [1.54, 1.807) is 0 Å². The Morgan fingerprint density at radius 3 is 1.19 bits per heavy atom. The quantitative estimate of drug-likeness (QED) is 0.0198. The number of amides is 2. The molecular weight excluding hydrogens is 1150 g/mol. The van der Waals surface area contributed by atoms with Crippen LogP contribution in [0.15, 0.2) is 137 Å². The van der Waals surface area contributed by atoms with Gasteiger partial charge in [0, 0.05) is 59.9 Å². The molecule has 10 N–H and O–H groups in total. The molecule has 81 heavy (non-hydrogen) atoms. The maximum atomic E-state index is 14.7. The molecule has 0 fully saturated rings. The molecule has 0 saturated heterocycles. The van der Waals surface area contributed by atoms with Gasteiger partial charge in [-0.3, -0.25) is 27.8 Å². The van der Waals surface area contributed by atoms with Gasteiger partial charge in [-0.05, 0) is 79.2 Å². The van der Waals surface area contributed by atoms with Crippen molar-refractivity contribution in [3.8, 4) is 0 Å². The predicted octanol–water partition coefficient (Wildman–Crippen LogP) is 7.78. The minimum absolute atomic E-state index is 0.0178. The largest absolute Gasteiger partial charge is 0.354 e. The highest BCUT2D eigenvalue weighted by molar-refractivity contribution is 7.87. The van der Waals surface area contributed by atoms with Crippen LogP contribution in [0.3, 0.4) is 0 Å². The van der Waals surface area contributed by atoms with Gasteiger partial charge in [0.15, 0.2) is 0 Å². The monoisotopic (exact) mass is 1190 g/mol. The van der Waals surface area contributed by atoms with E-state index in [1.165, 1.54) is 62.4 Å². The fraction of sp³-hybridized carbons (Fsp3) is 0.111. The van der Waals surface area contributed by atoms with E-state index in [0.29, 0.717) is 0 Å². The maximum Gasteiger partial charge on any atom is 0.315 e. The second-order valence-corrected chi connectivity index (χ2v) is 22.2. The summed E-state index contributed by atoms with van der Waals surface area (Å²) in [6.45, 7) is 2.57. The first-order valence-electron chi connectivity index (χ1n) is 22.6. The third-order valence-corrected chi connectivity index (χ3v) is 14.3. The molecule has 0 unspecified atom stereocenters. The molecule has 0 atom stereocenters. The minimum atomic E-state index is -4.96. The van der Waals surface area contributed by atoms with Crippen molar-refractivity contribution >= 4 is 143 Å². The number of carbonyl (C=O) groups is 2. The summed E-state index contributed by atoms with van der Waals surface area (Å²) in [6, 6.07) is 18.9. The summed E-state index contributed by atoms with van der Waals surface area (Å²) in [5, 5.41) is 31.3. The molecule has 0 spiro atoms. The van der Waals surface area contributed by atoms with Crippen molar-refractivity contribution in [2.24, 2.45) is 20.5 Å². The molecule has 0 bridgehead atoms. The summed E-state index contributed by atoms with van der Waals surface area (Å²) in [4.78, 5) is 44.4. The van der Waals surface area contributed by atoms with Crippen LogP contribution in [0.5, 0.6) is 0 Å². The number of fused-ring (bicyclic) bond motifs is 2. The number of nitrogens with zero attached hydrogens (tertiary/aromatic N) is 10. The Kier molecular flexibility index (Phi) is 16.6. The second kappa shape index (κ2) is 23.2. The van der Waals surface area contributed by atoms with Gasteiger partial charge in [0.25, 0.3) is 40.5 Å². The standard InChI is InChI=1S/C45H38F2N16O14S4/c1-22(64)50-34-18-24(10-12-32(34)62-60-26-16-30-28(38(20-26)80(72,73)74)6-3-8-36(30)78(66,67)68)52-44-56-40(46)54-42(58-44)48-14-5-15-49-43-55-41(47)57-45(59-43)53-25-11-13-33(35(19-25)51-23(2)65)63-61-27-17-31-29(39(21-27)81(75,76)77)7-4-9-37(31)79(69,70)71/h3-4,6-13,16-21H,5,14-15H2,1-2H3,(H,50,64)(H,51,65)(H,66,67,68)(H,69,70,71)(H,72,73,74)(H,75,76,77)(H2,48,52,54,56,58)(H2,49,53,55,57,59)/b62-60+,63-61+. The van der Waals surface area contributed by atoms with Crippen LogP contribution in [0.25, 0.3) is 21.5 Å². The first-order valence-corrected chi connectivity index (χ1v) is 28.4. The first kappa shape index (κ1) is 57.9. The van der Waals surface area contributed by atoms with Crippen LogP contribution in [-0.4, -0.2) is 107 Å². The number of benzene rings is 6. The molecule has 0 aliphatic carbocycles. The van der Waals surface area contributed by atoms with Gasteiger partial charge in [0.1, 0.15) is 31.0 Å². The highest BCUT2D eigenvalue weighted by Crippen LogP contribution is 2.38. The lowest BCUT2D eigenvalue weighted by Gasteiger charge is -2.12. The molecule has 0 aliphatic heterocycles. The Labute approximate surface area is 455 Å². The molecule has 2 amide bonds. The molecule has 8 rings (SSSR count). The van der Waals surface area contributed by atoms with E-state index in [2.05, 4.69) is 82.3 Å². The van der Waals surface area contributed by atoms with Crippen LogP contribution in [0.1, 0.15) is 20.3 Å². The van der Waals surface area contributed by atoms with Crippen molar-refractivity contribution in [2.45, 2.75) is 39.9 Å². The van der Waals surface area contributed by atoms with Crippen molar-refractivity contribution in [1.29, 1.82) is 0 Å². The summed E-state index contributed by atoms with van der Waals surface area (Å²) < 4.78 is 166. The van der Waals surface area contributed by atoms with Gasteiger partial charge in [-0.1, -0.05) is 24.3 Å². The van der Waals surface area contributed by atoms with Gasteiger partial charge in [-0.2, -0.15) is 82.6 Å². The van der Waals surface area contributed by atoms with Crippen molar-refractivity contribution in [1.82, 2.24) is 29.9 Å². The number of anilines is 8. The molecule has 2 heterocycles. The molecule has 2 aromatic heterocycles. The van der Waals surface area contributed by atoms with Crippen LogP contribution < -0.4 is 31.9 Å². The molecule has 0 aliphatic rings. The zero-order valence-electron chi connectivity index (χ0n) is 41.1. The summed E-state index contributed by atoms with van der Waals surface area (Å²) in [7, 11) is -19.7. The van der Waals surface area contributed by atoms with Crippen LogP contribution in [0.2, 0.25) is 0 Å². The lowest BCUT2D eigenvalue weighted by atomic mass is 10.1. The number of hydrogen-bond donors (Lipinski definition) is 10. The lowest BCUT2D eigenvalue weighted by Crippen LogP contribution is -2.14. The lowest BCUT2D eigenvalue weighted by molar-refractivity contribution is -0.115. The highest BCUT2D eigenvalue weighted by Gasteiger charge is 2.24. The van der Waals surface area contributed by atoms with E-state index < -0.39 is 84.0 Å². The zero-order chi connectivity index (χ0) is 58.6. The van der Waals surface area contributed by atoms with Gasteiger partial charge >= 0.3 is 12.2 Å². The van der Waals surface area contributed by atoms with Crippen molar-refractivity contribution < 1.29 is 70.3 Å². The van der Waals surface area contributed by atoms with E-state index in [1.807, 2.05) is 0 Å². The molecule has 6 aromatic carbocycles. The Hall–Kier alpha value is -9.30. The van der Waals surface area contributed by atoms with Crippen molar-refractivity contribution in [3.05, 3.63) is 109 Å². The van der Waals surface area contributed by atoms with Crippen LogP contribution in [-0.2, 0) is 50.1 Å². The second-order valence-electron chi connectivity index (χ2n) is 16.7. The topological polar surface area (TPSA) is 451 Å². The normalized spacial score (nSPS) is 12.2. The van der Waals surface area contributed by atoms with Gasteiger partial charge in [-0.15, -0.1) is 10.2 Å². The average molecular weight is 1190 g/mol. The van der Waals surface area contributed by atoms with Crippen molar-refractivity contribution in [2.75, 3.05) is 45.0 Å². The SMILES string of the molecule is CC(=O)Nc1cc(Nc2nc(F)nc(NCCCNc3nc(F)nc(Nc4ccc(/N=N/c5cc(S(=O)(=O)O)c6cccc(S(=O)(=O)O)c6c5)c(NC(C)=O)c4)n3)n2)ccc1/N=N/c1cc(S(=O)(=O)O)c2cccc(S(=O)(=O)O)c2c1. The molecule has 420 valence electrons. The predicted molar refractivity (Wildman–Crippen MR) is 285 cm³/mol. The Balaban J connectivity index is 0.911. The summed E-state index contributed by atoms with van der Waals surface area (Å²) in [5.74, 6) is -2.15. The van der Waals surface area contributed by atoms with E-state index in [-0.39, 0.29) is 110 Å². The fourth-order valence-electron chi connectivity index (χ4n) is 7.53. The fourth-order valence-corrected chi connectivity index (χ4v) is 10.4. The number of azo groups is 2. The van der Waals surface area contributed by atoms with Crippen LogP contribution >= 0.6 is 0 Å². The third-order valence-electron chi connectivity index (χ3n) is 10.7. The van der Waals surface area contributed by atoms with Gasteiger partial charge in [0.05, 0.1) is 22.7 Å². The van der Waals surface area contributed by atoms with Gasteiger partial charge in [-0.25, -0.2) is 0 Å². The molecule has 36 heteroatoms. The number of hydrogen-bond acceptors (Lipinski definition) is 24. The Morgan fingerprint density at radius 2 is 0.827 bits per heavy atom.